The first kappa shape index (κ1) is 10.7. The number of halogens is 1. The maximum atomic E-state index is 10.8. The summed E-state index contributed by atoms with van der Waals surface area (Å²) in [7, 11) is 0. The van der Waals surface area contributed by atoms with Gasteiger partial charge in [-0.25, -0.2) is 4.79 Å². The van der Waals surface area contributed by atoms with E-state index in [2.05, 4.69) is 9.97 Å². The van der Waals surface area contributed by atoms with Crippen LogP contribution in [0.1, 0.15) is 12.8 Å². The Labute approximate surface area is 86.4 Å². The number of carboxylic acid groups (broad SMARTS) is 1. The van der Waals surface area contributed by atoms with Gasteiger partial charge < -0.3 is 5.11 Å². The summed E-state index contributed by atoms with van der Waals surface area (Å²) in [5.74, 6) is -0.894. The van der Waals surface area contributed by atoms with Crippen molar-refractivity contribution in [1.82, 2.24) is 9.97 Å². The Kier molecular flexibility index (Phi) is 3.19. The molecule has 1 N–H and O–H groups in total. The van der Waals surface area contributed by atoms with Crippen molar-refractivity contribution < 1.29 is 9.90 Å². The molecule has 0 unspecified atom stereocenters. The maximum Gasteiger partial charge on any atom is 0.333 e. The highest BCUT2D eigenvalue weighted by Gasteiger charge is 2.12. The van der Waals surface area contributed by atoms with E-state index in [1.165, 1.54) is 6.20 Å². The lowest BCUT2D eigenvalue weighted by atomic mass is 10.1. The van der Waals surface area contributed by atoms with E-state index in [0.29, 0.717) is 22.7 Å². The summed E-state index contributed by atoms with van der Waals surface area (Å²) >= 11 is 0. The van der Waals surface area contributed by atoms with Crippen LogP contribution in [-0.2, 0) is 4.79 Å². The number of aliphatic carboxylic acids is 1. The molecular formula is C9H9ClN2O2. The number of carbonyl (C=O) groups is 1. The van der Waals surface area contributed by atoms with Crippen molar-refractivity contribution in [3.63, 3.8) is 0 Å². The van der Waals surface area contributed by atoms with Crippen molar-refractivity contribution in [1.29, 1.82) is 0 Å². The van der Waals surface area contributed by atoms with Crippen molar-refractivity contribution in [3.05, 3.63) is 23.1 Å². The Bertz CT molecular complexity index is 470. The van der Waals surface area contributed by atoms with Crippen molar-refractivity contribution in [2.45, 2.75) is 12.8 Å². The van der Waals surface area contributed by atoms with Gasteiger partial charge in [-0.05, 0) is 12.8 Å². The van der Waals surface area contributed by atoms with Gasteiger partial charge in [0, 0.05) is 12.4 Å². The van der Waals surface area contributed by atoms with Crippen LogP contribution in [-0.4, -0.2) is 21.0 Å². The SMILES string of the molecule is Cl.O=C(O)C1=c2nccnc2=CCC1. The topological polar surface area (TPSA) is 63.1 Å². The molecule has 1 aromatic heterocycles. The molecule has 1 aliphatic carbocycles. The number of fused-ring (bicyclic) bond motifs is 1. The molecule has 0 radical (unpaired) electrons. The van der Waals surface area contributed by atoms with E-state index in [9.17, 15) is 4.79 Å². The summed E-state index contributed by atoms with van der Waals surface area (Å²) in [4.78, 5) is 18.9. The Hall–Kier alpha value is -1.42. The minimum absolute atomic E-state index is 0. The molecule has 0 saturated heterocycles. The molecule has 0 spiro atoms. The number of carboxylic acids is 1. The van der Waals surface area contributed by atoms with Crippen molar-refractivity contribution in [2.75, 3.05) is 0 Å². The zero-order valence-corrected chi connectivity index (χ0v) is 8.12. The van der Waals surface area contributed by atoms with Crippen LogP contribution in [0.2, 0.25) is 0 Å². The summed E-state index contributed by atoms with van der Waals surface area (Å²) in [6, 6.07) is 0. The fourth-order valence-corrected chi connectivity index (χ4v) is 1.41. The summed E-state index contributed by atoms with van der Waals surface area (Å²) in [6.45, 7) is 0. The fraction of sp³-hybridized carbons (Fsp3) is 0.222. The molecule has 1 aromatic rings. The predicted octanol–water partition coefficient (Wildman–Crippen LogP) is -0.292. The molecule has 74 valence electrons. The highest BCUT2D eigenvalue weighted by atomic mass is 35.5. The van der Waals surface area contributed by atoms with E-state index in [1.807, 2.05) is 6.08 Å². The van der Waals surface area contributed by atoms with Gasteiger partial charge in [-0.15, -0.1) is 12.4 Å². The monoisotopic (exact) mass is 212 g/mol. The van der Waals surface area contributed by atoms with Crippen molar-refractivity contribution in [2.24, 2.45) is 0 Å². The van der Waals surface area contributed by atoms with Crippen LogP contribution in [0.5, 0.6) is 0 Å². The molecule has 1 heterocycles. The lowest BCUT2D eigenvalue weighted by Gasteiger charge is -2.03. The van der Waals surface area contributed by atoms with Gasteiger partial charge in [0.05, 0.1) is 16.3 Å². The first-order valence-corrected chi connectivity index (χ1v) is 4.03. The van der Waals surface area contributed by atoms with Gasteiger partial charge in [-0.2, -0.15) is 0 Å². The van der Waals surface area contributed by atoms with Crippen LogP contribution in [0.3, 0.4) is 0 Å². The number of hydrogen-bond acceptors (Lipinski definition) is 3. The van der Waals surface area contributed by atoms with E-state index in [1.54, 1.807) is 6.20 Å². The first-order valence-electron chi connectivity index (χ1n) is 4.03. The van der Waals surface area contributed by atoms with Gasteiger partial charge in [0.15, 0.2) is 0 Å². The highest BCUT2D eigenvalue weighted by molar-refractivity contribution is 6.08. The average Bonchev–Trinajstić information content (AvgIpc) is 2.17. The fourth-order valence-electron chi connectivity index (χ4n) is 1.41. The first-order chi connectivity index (χ1) is 6.29. The molecular weight excluding hydrogens is 204 g/mol. The molecule has 0 saturated carbocycles. The van der Waals surface area contributed by atoms with Crippen molar-refractivity contribution >= 4 is 30.0 Å². The second-order valence-electron chi connectivity index (χ2n) is 2.82. The third kappa shape index (κ3) is 1.75. The molecule has 0 aliphatic heterocycles. The predicted molar refractivity (Wildman–Crippen MR) is 53.3 cm³/mol. The van der Waals surface area contributed by atoms with Crippen LogP contribution >= 0.6 is 12.4 Å². The van der Waals surface area contributed by atoms with Gasteiger partial charge in [0.1, 0.15) is 0 Å². The summed E-state index contributed by atoms with van der Waals surface area (Å²) < 4.78 is 0. The third-order valence-electron chi connectivity index (χ3n) is 2.00. The van der Waals surface area contributed by atoms with E-state index in [-0.39, 0.29) is 12.4 Å². The molecule has 1 aliphatic rings. The second kappa shape index (κ2) is 4.19. The Morgan fingerprint density at radius 2 is 2.07 bits per heavy atom. The molecule has 0 atom stereocenters. The number of hydrogen-bond donors (Lipinski definition) is 1. The number of rotatable bonds is 1. The van der Waals surface area contributed by atoms with Crippen LogP contribution in [0.4, 0.5) is 0 Å². The minimum atomic E-state index is -0.894. The Morgan fingerprint density at radius 3 is 2.79 bits per heavy atom. The van der Waals surface area contributed by atoms with Crippen LogP contribution < -0.4 is 10.7 Å². The molecule has 0 bridgehead atoms. The lowest BCUT2D eigenvalue weighted by molar-refractivity contribution is -0.130. The summed E-state index contributed by atoms with van der Waals surface area (Å²) in [6.07, 6.45) is 6.27. The molecule has 0 aromatic carbocycles. The van der Waals surface area contributed by atoms with Gasteiger partial charge in [0.25, 0.3) is 0 Å². The van der Waals surface area contributed by atoms with Gasteiger partial charge >= 0.3 is 5.97 Å². The largest absolute Gasteiger partial charge is 0.478 e. The van der Waals surface area contributed by atoms with E-state index < -0.39 is 5.97 Å². The normalized spacial score (nSPS) is 13.6. The summed E-state index contributed by atoms with van der Waals surface area (Å²) in [5.41, 5.74) is 0.366. The van der Waals surface area contributed by atoms with Crippen molar-refractivity contribution in [3.8, 4) is 0 Å². The molecule has 2 rings (SSSR count). The van der Waals surface area contributed by atoms with Crippen LogP contribution in [0.15, 0.2) is 12.4 Å². The van der Waals surface area contributed by atoms with E-state index in [0.717, 1.165) is 6.42 Å². The molecule has 0 fully saturated rings. The third-order valence-corrected chi connectivity index (χ3v) is 2.00. The molecule has 0 amide bonds. The maximum absolute atomic E-state index is 10.8. The number of aromatic nitrogens is 2. The van der Waals surface area contributed by atoms with Gasteiger partial charge in [-0.1, -0.05) is 6.08 Å². The smallest absolute Gasteiger partial charge is 0.333 e. The lowest BCUT2D eigenvalue weighted by Crippen LogP contribution is -2.36. The molecule has 5 heteroatoms. The highest BCUT2D eigenvalue weighted by Crippen LogP contribution is 2.06. The second-order valence-corrected chi connectivity index (χ2v) is 2.82. The Balaban J connectivity index is 0.000000980. The van der Waals surface area contributed by atoms with Crippen LogP contribution in [0, 0.1) is 0 Å². The molecule has 4 nitrogen and oxygen atoms in total. The standard InChI is InChI=1S/C9H8N2O2.ClH/c12-9(13)6-2-1-3-7-8(6)11-5-4-10-7;/h3-5H,1-2H2,(H,12,13);1H. The quantitative estimate of drug-likeness (QED) is 0.695. The van der Waals surface area contributed by atoms with E-state index >= 15 is 0 Å². The van der Waals surface area contributed by atoms with E-state index in [4.69, 9.17) is 5.11 Å². The zero-order valence-electron chi connectivity index (χ0n) is 7.30. The van der Waals surface area contributed by atoms with Crippen LogP contribution in [0.25, 0.3) is 11.6 Å². The Morgan fingerprint density at radius 1 is 1.36 bits per heavy atom. The minimum Gasteiger partial charge on any atom is -0.478 e. The zero-order chi connectivity index (χ0) is 9.26. The number of nitrogens with zero attached hydrogens (tertiary/aromatic N) is 2. The van der Waals surface area contributed by atoms with Gasteiger partial charge in [0.2, 0.25) is 0 Å². The van der Waals surface area contributed by atoms with Gasteiger partial charge in [-0.3, -0.25) is 9.97 Å². The summed E-state index contributed by atoms with van der Waals surface area (Å²) in [5, 5.41) is 10.1. The average molecular weight is 213 g/mol. The molecule has 14 heavy (non-hydrogen) atoms.